The Labute approximate surface area is 165 Å². The van der Waals surface area contributed by atoms with E-state index in [2.05, 4.69) is 20.9 Å². The van der Waals surface area contributed by atoms with Gasteiger partial charge in [0.25, 0.3) is 0 Å². The standard InChI is InChI=1S/C21H30F2N4O/c22-16-9-15(10-17(23)11-16)13-27-7-1-18(2-8-27)26-20(28)19-12-21(14-25-19)3-5-24-6-4-21/h9-11,18-19,24-25H,1-8,12-14H2,(H,26,28)/t19-/m1/s1. The summed E-state index contributed by atoms with van der Waals surface area (Å²) >= 11 is 0. The van der Waals surface area contributed by atoms with Crippen molar-refractivity contribution in [1.29, 1.82) is 0 Å². The minimum Gasteiger partial charge on any atom is -0.352 e. The van der Waals surface area contributed by atoms with E-state index >= 15 is 0 Å². The van der Waals surface area contributed by atoms with E-state index in [1.165, 1.54) is 12.1 Å². The Hall–Kier alpha value is -1.57. The molecule has 0 bridgehead atoms. The van der Waals surface area contributed by atoms with Crippen molar-refractivity contribution >= 4 is 5.91 Å². The molecule has 4 rings (SSSR count). The van der Waals surface area contributed by atoms with Crippen LogP contribution in [0.15, 0.2) is 18.2 Å². The fraction of sp³-hybridized carbons (Fsp3) is 0.667. The molecule has 28 heavy (non-hydrogen) atoms. The topological polar surface area (TPSA) is 56.4 Å². The SMILES string of the molecule is O=C(NC1CCN(Cc2cc(F)cc(F)c2)CC1)[C@H]1CC2(CCNCC2)CN1. The zero-order chi connectivity index (χ0) is 19.6. The van der Waals surface area contributed by atoms with E-state index < -0.39 is 11.6 Å². The van der Waals surface area contributed by atoms with Gasteiger partial charge in [-0.25, -0.2) is 8.78 Å². The Morgan fingerprint density at radius 1 is 1.14 bits per heavy atom. The second-order valence-electron chi connectivity index (χ2n) is 8.72. The molecule has 1 aromatic carbocycles. The Balaban J connectivity index is 1.22. The van der Waals surface area contributed by atoms with Crippen LogP contribution in [-0.2, 0) is 11.3 Å². The summed E-state index contributed by atoms with van der Waals surface area (Å²) in [5.41, 5.74) is 0.944. The zero-order valence-electron chi connectivity index (χ0n) is 16.3. The van der Waals surface area contributed by atoms with Gasteiger partial charge in [0, 0.05) is 38.3 Å². The lowest BCUT2D eigenvalue weighted by molar-refractivity contribution is -0.124. The average molecular weight is 392 g/mol. The molecule has 1 aromatic rings. The minimum absolute atomic E-state index is 0.0774. The maximum absolute atomic E-state index is 13.4. The first-order chi connectivity index (χ1) is 13.5. The van der Waals surface area contributed by atoms with Gasteiger partial charge in [-0.1, -0.05) is 0 Å². The van der Waals surface area contributed by atoms with Crippen molar-refractivity contribution < 1.29 is 13.6 Å². The molecule has 3 fully saturated rings. The molecule has 0 unspecified atom stereocenters. The van der Waals surface area contributed by atoms with Crippen LogP contribution in [0.3, 0.4) is 0 Å². The number of hydrogen-bond donors (Lipinski definition) is 3. The second kappa shape index (κ2) is 8.43. The van der Waals surface area contributed by atoms with Gasteiger partial charge in [-0.3, -0.25) is 9.69 Å². The van der Waals surface area contributed by atoms with Crippen molar-refractivity contribution in [3.63, 3.8) is 0 Å². The summed E-state index contributed by atoms with van der Waals surface area (Å²) in [5.74, 6) is -0.943. The van der Waals surface area contributed by atoms with Crippen LogP contribution in [0.4, 0.5) is 8.78 Å². The number of rotatable bonds is 4. The summed E-state index contributed by atoms with van der Waals surface area (Å²) in [6, 6.07) is 3.78. The van der Waals surface area contributed by atoms with Gasteiger partial charge in [0.05, 0.1) is 6.04 Å². The molecule has 7 heteroatoms. The van der Waals surface area contributed by atoms with Crippen LogP contribution < -0.4 is 16.0 Å². The van der Waals surface area contributed by atoms with E-state index in [0.29, 0.717) is 12.1 Å². The fourth-order valence-electron chi connectivity index (χ4n) is 4.94. The fourth-order valence-corrected chi connectivity index (χ4v) is 4.94. The lowest BCUT2D eigenvalue weighted by Crippen LogP contribution is -2.49. The van der Waals surface area contributed by atoms with Crippen molar-refractivity contribution in [2.75, 3.05) is 32.7 Å². The van der Waals surface area contributed by atoms with Crippen LogP contribution in [0.25, 0.3) is 0 Å². The predicted molar refractivity (Wildman–Crippen MR) is 104 cm³/mol. The highest BCUT2D eigenvalue weighted by Gasteiger charge is 2.42. The smallest absolute Gasteiger partial charge is 0.237 e. The highest BCUT2D eigenvalue weighted by atomic mass is 19.1. The molecule has 3 heterocycles. The van der Waals surface area contributed by atoms with Crippen LogP contribution in [0.1, 0.15) is 37.7 Å². The van der Waals surface area contributed by atoms with E-state index in [-0.39, 0.29) is 23.4 Å². The molecule has 3 saturated heterocycles. The second-order valence-corrected chi connectivity index (χ2v) is 8.72. The van der Waals surface area contributed by atoms with Gasteiger partial charge in [0.15, 0.2) is 0 Å². The lowest BCUT2D eigenvalue weighted by atomic mass is 9.77. The number of carbonyl (C=O) groups excluding carboxylic acids is 1. The van der Waals surface area contributed by atoms with E-state index in [4.69, 9.17) is 0 Å². The molecule has 0 saturated carbocycles. The molecule has 1 spiro atoms. The molecule has 3 N–H and O–H groups in total. The van der Waals surface area contributed by atoms with Crippen LogP contribution >= 0.6 is 0 Å². The average Bonchev–Trinajstić information content (AvgIpc) is 3.06. The quantitative estimate of drug-likeness (QED) is 0.731. The van der Waals surface area contributed by atoms with Crippen molar-refractivity contribution in [2.45, 2.75) is 50.7 Å². The summed E-state index contributed by atoms with van der Waals surface area (Å²) < 4.78 is 26.7. The van der Waals surface area contributed by atoms with Crippen LogP contribution in [0.5, 0.6) is 0 Å². The van der Waals surface area contributed by atoms with E-state index in [0.717, 1.165) is 70.9 Å². The third kappa shape index (κ3) is 4.70. The molecular formula is C21H30F2N4O. The monoisotopic (exact) mass is 392 g/mol. The summed E-state index contributed by atoms with van der Waals surface area (Å²) in [6.07, 6.45) is 4.95. The molecule has 1 amide bonds. The Morgan fingerprint density at radius 2 is 1.82 bits per heavy atom. The van der Waals surface area contributed by atoms with Crippen molar-refractivity contribution in [1.82, 2.24) is 20.9 Å². The van der Waals surface area contributed by atoms with Gasteiger partial charge >= 0.3 is 0 Å². The van der Waals surface area contributed by atoms with E-state index in [1.54, 1.807) is 0 Å². The lowest BCUT2D eigenvalue weighted by Gasteiger charge is -2.34. The summed E-state index contributed by atoms with van der Waals surface area (Å²) in [4.78, 5) is 14.9. The van der Waals surface area contributed by atoms with Crippen molar-refractivity contribution in [3.05, 3.63) is 35.4 Å². The van der Waals surface area contributed by atoms with Gasteiger partial charge < -0.3 is 16.0 Å². The van der Waals surface area contributed by atoms with E-state index in [1.807, 2.05) is 0 Å². The maximum atomic E-state index is 13.4. The number of benzene rings is 1. The van der Waals surface area contributed by atoms with Crippen molar-refractivity contribution in [2.24, 2.45) is 5.41 Å². The van der Waals surface area contributed by atoms with Gasteiger partial charge in [-0.05, 0) is 68.3 Å². The summed E-state index contributed by atoms with van der Waals surface area (Å²) in [6.45, 7) is 5.20. The summed E-state index contributed by atoms with van der Waals surface area (Å²) in [7, 11) is 0. The predicted octanol–water partition coefficient (Wildman–Crippen LogP) is 1.78. The van der Waals surface area contributed by atoms with Gasteiger partial charge in [0.2, 0.25) is 5.91 Å². The molecule has 3 aliphatic rings. The Morgan fingerprint density at radius 3 is 2.50 bits per heavy atom. The van der Waals surface area contributed by atoms with Crippen LogP contribution in [0.2, 0.25) is 0 Å². The Kier molecular flexibility index (Phi) is 5.94. The highest BCUT2D eigenvalue weighted by Crippen LogP contribution is 2.37. The number of carbonyl (C=O) groups is 1. The molecule has 0 radical (unpaired) electrons. The highest BCUT2D eigenvalue weighted by molar-refractivity contribution is 5.82. The van der Waals surface area contributed by atoms with E-state index in [9.17, 15) is 13.6 Å². The number of nitrogens with one attached hydrogen (secondary N) is 3. The number of piperidine rings is 2. The molecule has 154 valence electrons. The third-order valence-electron chi connectivity index (χ3n) is 6.60. The number of likely N-dealkylation sites (tertiary alicyclic amines) is 1. The van der Waals surface area contributed by atoms with Crippen molar-refractivity contribution in [3.8, 4) is 0 Å². The first kappa shape index (κ1) is 19.7. The van der Waals surface area contributed by atoms with Crippen LogP contribution in [-0.4, -0.2) is 55.6 Å². The Bertz CT molecular complexity index is 679. The number of amides is 1. The minimum atomic E-state index is -0.535. The largest absolute Gasteiger partial charge is 0.352 e. The van der Waals surface area contributed by atoms with Crippen LogP contribution in [0, 0.1) is 17.0 Å². The molecule has 1 atom stereocenters. The molecule has 0 aliphatic carbocycles. The number of nitrogens with zero attached hydrogens (tertiary/aromatic N) is 1. The molecule has 0 aromatic heterocycles. The third-order valence-corrected chi connectivity index (χ3v) is 6.60. The van der Waals surface area contributed by atoms with Gasteiger partial charge in [-0.15, -0.1) is 0 Å². The summed E-state index contributed by atoms with van der Waals surface area (Å²) in [5, 5.41) is 10.1. The molecular weight excluding hydrogens is 362 g/mol. The maximum Gasteiger partial charge on any atom is 0.237 e. The number of halogens is 2. The van der Waals surface area contributed by atoms with Gasteiger partial charge in [0.1, 0.15) is 11.6 Å². The first-order valence-electron chi connectivity index (χ1n) is 10.4. The van der Waals surface area contributed by atoms with Gasteiger partial charge in [-0.2, -0.15) is 0 Å². The zero-order valence-corrected chi connectivity index (χ0v) is 16.3. The molecule has 3 aliphatic heterocycles. The molecule has 5 nitrogen and oxygen atoms in total. The normalized spacial score (nSPS) is 25.9. The number of hydrogen-bond acceptors (Lipinski definition) is 4. The first-order valence-corrected chi connectivity index (χ1v) is 10.4.